The third kappa shape index (κ3) is 2.70. The lowest BCUT2D eigenvalue weighted by atomic mass is 9.87. The Labute approximate surface area is 106 Å². The average Bonchev–Trinajstić information content (AvgIpc) is 2.28. The molecule has 0 saturated heterocycles. The van der Waals surface area contributed by atoms with E-state index in [4.69, 9.17) is 17.3 Å². The van der Waals surface area contributed by atoms with E-state index in [0.29, 0.717) is 22.7 Å². The lowest BCUT2D eigenvalue weighted by molar-refractivity contribution is 0.0963. The third-order valence-electron chi connectivity index (χ3n) is 2.98. The molecule has 0 aromatic heterocycles. The number of benzene rings is 1. The minimum absolute atomic E-state index is 0.177. The van der Waals surface area contributed by atoms with Gasteiger partial charge in [0.1, 0.15) is 0 Å². The van der Waals surface area contributed by atoms with Crippen molar-refractivity contribution in [3.8, 4) is 0 Å². The van der Waals surface area contributed by atoms with Crippen LogP contribution in [0, 0.1) is 0 Å². The molecule has 1 aromatic rings. The first-order valence-corrected chi connectivity index (χ1v) is 6.01. The predicted octanol–water partition coefficient (Wildman–Crippen LogP) is 1.60. The second kappa shape index (κ2) is 4.94. The van der Waals surface area contributed by atoms with E-state index in [1.807, 2.05) is 6.07 Å². The van der Waals surface area contributed by atoms with Crippen molar-refractivity contribution >= 4 is 23.2 Å². The molecule has 1 fully saturated rings. The van der Waals surface area contributed by atoms with Crippen molar-refractivity contribution in [3.63, 3.8) is 0 Å². The zero-order chi connectivity index (χ0) is 12.4. The summed E-state index contributed by atoms with van der Waals surface area (Å²) in [6, 6.07) is 6.08. The summed E-state index contributed by atoms with van der Waals surface area (Å²) in [6.07, 6.45) is 1.94. The van der Waals surface area contributed by atoms with Crippen LogP contribution in [0.25, 0.3) is 0 Å². The molecular weight excluding hydrogens is 238 g/mol. The molecule has 5 heteroatoms. The molecule has 4 nitrogen and oxygen atoms in total. The van der Waals surface area contributed by atoms with Gasteiger partial charge in [0.2, 0.25) is 0 Å². The fourth-order valence-corrected chi connectivity index (χ4v) is 2.14. The van der Waals surface area contributed by atoms with Gasteiger partial charge in [0.05, 0.1) is 10.6 Å². The molecule has 1 amide bonds. The van der Waals surface area contributed by atoms with Gasteiger partial charge in [0.15, 0.2) is 0 Å². The second-order valence-corrected chi connectivity index (χ2v) is 4.75. The van der Waals surface area contributed by atoms with Crippen LogP contribution >= 0.6 is 11.6 Å². The van der Waals surface area contributed by atoms with E-state index in [2.05, 4.69) is 10.6 Å². The first-order valence-electron chi connectivity index (χ1n) is 5.64. The molecule has 4 N–H and O–H groups in total. The summed E-state index contributed by atoms with van der Waals surface area (Å²) in [7, 11) is 1.59. The molecular formula is C12H16ClN3O. The van der Waals surface area contributed by atoms with E-state index in [0.717, 1.165) is 18.5 Å². The van der Waals surface area contributed by atoms with E-state index >= 15 is 0 Å². The SMILES string of the molecule is CNC(=O)c1cc(NC2CC(N)C2)ccc1Cl. The fraction of sp³-hybridized carbons (Fsp3) is 0.417. The quantitative estimate of drug-likeness (QED) is 0.767. The van der Waals surface area contributed by atoms with Crippen LogP contribution in [-0.2, 0) is 0 Å². The molecule has 17 heavy (non-hydrogen) atoms. The average molecular weight is 254 g/mol. The Morgan fingerprint density at radius 2 is 2.18 bits per heavy atom. The first kappa shape index (κ1) is 12.2. The lowest BCUT2D eigenvalue weighted by Gasteiger charge is -2.33. The predicted molar refractivity (Wildman–Crippen MR) is 69.5 cm³/mol. The Hall–Kier alpha value is -1.26. The van der Waals surface area contributed by atoms with Crippen LogP contribution in [-0.4, -0.2) is 25.0 Å². The number of carbonyl (C=O) groups excluding carboxylic acids is 1. The highest BCUT2D eigenvalue weighted by Gasteiger charge is 2.25. The van der Waals surface area contributed by atoms with E-state index < -0.39 is 0 Å². The van der Waals surface area contributed by atoms with Crippen molar-refractivity contribution in [2.75, 3.05) is 12.4 Å². The molecule has 0 aliphatic heterocycles. The number of nitrogens with two attached hydrogens (primary N) is 1. The standard InChI is InChI=1S/C12H16ClN3O/c1-15-12(17)10-6-8(2-3-11(10)13)16-9-4-7(14)5-9/h2-3,6-7,9,16H,4-5,14H2,1H3,(H,15,17). The van der Waals surface area contributed by atoms with Crippen LogP contribution in [0.5, 0.6) is 0 Å². The van der Waals surface area contributed by atoms with Crippen LogP contribution < -0.4 is 16.4 Å². The summed E-state index contributed by atoms with van der Waals surface area (Å²) in [5.74, 6) is -0.177. The maximum Gasteiger partial charge on any atom is 0.252 e. The van der Waals surface area contributed by atoms with Gasteiger partial charge in [-0.1, -0.05) is 11.6 Å². The third-order valence-corrected chi connectivity index (χ3v) is 3.31. The van der Waals surface area contributed by atoms with E-state index in [-0.39, 0.29) is 5.91 Å². The van der Waals surface area contributed by atoms with Crippen molar-refractivity contribution in [1.29, 1.82) is 0 Å². The molecule has 0 heterocycles. The van der Waals surface area contributed by atoms with Crippen molar-refractivity contribution in [2.45, 2.75) is 24.9 Å². The first-order chi connectivity index (χ1) is 8.10. The zero-order valence-electron chi connectivity index (χ0n) is 9.66. The second-order valence-electron chi connectivity index (χ2n) is 4.35. The van der Waals surface area contributed by atoms with Crippen molar-refractivity contribution in [1.82, 2.24) is 5.32 Å². The number of halogens is 1. The molecule has 92 valence electrons. The van der Waals surface area contributed by atoms with Gasteiger partial charge in [0, 0.05) is 24.8 Å². The summed E-state index contributed by atoms with van der Waals surface area (Å²) in [6.45, 7) is 0. The number of nitrogens with one attached hydrogen (secondary N) is 2. The van der Waals surface area contributed by atoms with Crippen molar-refractivity contribution in [3.05, 3.63) is 28.8 Å². The molecule has 1 aliphatic rings. The molecule has 1 aliphatic carbocycles. The van der Waals surface area contributed by atoms with Crippen LogP contribution in [0.15, 0.2) is 18.2 Å². The number of amides is 1. The molecule has 0 radical (unpaired) electrons. The number of carbonyl (C=O) groups is 1. The van der Waals surface area contributed by atoms with Gasteiger partial charge in [-0.2, -0.15) is 0 Å². The van der Waals surface area contributed by atoms with Gasteiger partial charge in [0.25, 0.3) is 5.91 Å². The van der Waals surface area contributed by atoms with Gasteiger partial charge >= 0.3 is 0 Å². The largest absolute Gasteiger partial charge is 0.382 e. The smallest absolute Gasteiger partial charge is 0.252 e. The van der Waals surface area contributed by atoms with Crippen LogP contribution in [0.3, 0.4) is 0 Å². The van der Waals surface area contributed by atoms with Crippen LogP contribution in [0.1, 0.15) is 23.2 Å². The van der Waals surface area contributed by atoms with Gasteiger partial charge in [-0.3, -0.25) is 4.79 Å². The highest BCUT2D eigenvalue weighted by Crippen LogP contribution is 2.25. The number of hydrogen-bond acceptors (Lipinski definition) is 3. The molecule has 1 saturated carbocycles. The summed E-state index contributed by atoms with van der Waals surface area (Å²) in [4.78, 5) is 11.6. The van der Waals surface area contributed by atoms with Crippen molar-refractivity contribution < 1.29 is 4.79 Å². The summed E-state index contributed by atoms with van der Waals surface area (Å²) >= 11 is 5.97. The molecule has 2 rings (SSSR count). The maximum atomic E-state index is 11.6. The molecule has 0 spiro atoms. The van der Waals surface area contributed by atoms with Crippen LogP contribution in [0.4, 0.5) is 5.69 Å². The van der Waals surface area contributed by atoms with Gasteiger partial charge in [-0.15, -0.1) is 0 Å². The minimum Gasteiger partial charge on any atom is -0.382 e. The number of hydrogen-bond donors (Lipinski definition) is 3. The molecule has 0 atom stereocenters. The monoisotopic (exact) mass is 253 g/mol. The van der Waals surface area contributed by atoms with Gasteiger partial charge in [-0.05, 0) is 31.0 Å². The van der Waals surface area contributed by atoms with Gasteiger partial charge in [-0.25, -0.2) is 0 Å². The normalized spacial score (nSPS) is 22.8. The maximum absolute atomic E-state index is 11.6. The van der Waals surface area contributed by atoms with Crippen LogP contribution in [0.2, 0.25) is 5.02 Å². The Morgan fingerprint density at radius 1 is 1.47 bits per heavy atom. The number of anilines is 1. The zero-order valence-corrected chi connectivity index (χ0v) is 10.4. The Balaban J connectivity index is 2.10. The summed E-state index contributed by atoms with van der Waals surface area (Å²) in [5, 5.41) is 6.36. The summed E-state index contributed by atoms with van der Waals surface area (Å²) in [5.41, 5.74) is 7.12. The molecule has 1 aromatic carbocycles. The fourth-order valence-electron chi connectivity index (χ4n) is 1.94. The van der Waals surface area contributed by atoms with E-state index in [1.54, 1.807) is 19.2 Å². The van der Waals surface area contributed by atoms with E-state index in [1.165, 1.54) is 0 Å². The number of rotatable bonds is 3. The lowest BCUT2D eigenvalue weighted by Crippen LogP contribution is -2.44. The highest BCUT2D eigenvalue weighted by atomic mass is 35.5. The topological polar surface area (TPSA) is 67.2 Å². The minimum atomic E-state index is -0.177. The Morgan fingerprint density at radius 3 is 2.76 bits per heavy atom. The summed E-state index contributed by atoms with van der Waals surface area (Å²) < 4.78 is 0. The van der Waals surface area contributed by atoms with Gasteiger partial charge < -0.3 is 16.4 Å². The Bertz CT molecular complexity index is 430. The molecule has 0 unspecified atom stereocenters. The van der Waals surface area contributed by atoms with Crippen molar-refractivity contribution in [2.24, 2.45) is 5.73 Å². The highest BCUT2D eigenvalue weighted by molar-refractivity contribution is 6.34. The Kier molecular flexibility index (Phi) is 3.54. The molecule has 0 bridgehead atoms. The van der Waals surface area contributed by atoms with E-state index in [9.17, 15) is 4.79 Å².